The van der Waals surface area contributed by atoms with Crippen LogP contribution in [0.5, 0.6) is 0 Å². The fourth-order valence-corrected chi connectivity index (χ4v) is 4.10. The van der Waals surface area contributed by atoms with Crippen LogP contribution in [-0.2, 0) is 16.6 Å². The van der Waals surface area contributed by atoms with Crippen molar-refractivity contribution in [2.24, 2.45) is 7.05 Å². The van der Waals surface area contributed by atoms with Crippen LogP contribution in [0.2, 0.25) is 0 Å². The second-order valence-electron chi connectivity index (χ2n) is 7.18. The zero-order valence-electron chi connectivity index (χ0n) is 15.9. The molecule has 2 amide bonds. The molecule has 30 heavy (non-hydrogen) atoms. The predicted octanol–water partition coefficient (Wildman–Crippen LogP) is 3.25. The van der Waals surface area contributed by atoms with Crippen LogP contribution in [0, 0.1) is 17.2 Å². The maximum absolute atomic E-state index is 12.8. The lowest BCUT2D eigenvalue weighted by molar-refractivity contribution is -0.384. The van der Waals surface area contributed by atoms with Crippen molar-refractivity contribution in [1.82, 2.24) is 14.5 Å². The molecular weight excluding hydrogens is 384 g/mol. The van der Waals surface area contributed by atoms with Crippen LogP contribution >= 0.6 is 0 Å². The van der Waals surface area contributed by atoms with E-state index in [9.17, 15) is 19.7 Å². The van der Waals surface area contributed by atoms with Gasteiger partial charge in [-0.1, -0.05) is 18.2 Å². The molecule has 8 nitrogen and oxygen atoms in total. The predicted molar refractivity (Wildman–Crippen MR) is 112 cm³/mol. The van der Waals surface area contributed by atoms with Crippen LogP contribution in [0.1, 0.15) is 11.1 Å². The number of para-hydroxylation sites is 1. The third kappa shape index (κ3) is 2.40. The third-order valence-corrected chi connectivity index (χ3v) is 5.44. The first kappa shape index (κ1) is 17.9. The highest BCUT2D eigenvalue weighted by Crippen LogP contribution is 2.39. The summed E-state index contributed by atoms with van der Waals surface area (Å²) in [5.41, 5.74) is 3.05. The number of nitro benzene ring substituents is 1. The summed E-state index contributed by atoms with van der Waals surface area (Å²) in [6.45, 7) is 0. The van der Waals surface area contributed by atoms with Gasteiger partial charge in [0.15, 0.2) is 0 Å². The number of aromatic nitrogens is 2. The number of carbonyl (C=O) groups excluding carboxylic acids is 2. The minimum Gasteiger partial charge on any atom is -0.350 e. The molecule has 8 heteroatoms. The smallest absolute Gasteiger partial charge is 0.271 e. The van der Waals surface area contributed by atoms with Gasteiger partial charge in [-0.25, -0.2) is 0 Å². The van der Waals surface area contributed by atoms with E-state index in [1.807, 2.05) is 24.3 Å². The number of fused-ring (bicyclic) bond motifs is 2. The first-order chi connectivity index (χ1) is 14.4. The Morgan fingerprint density at radius 3 is 2.27 bits per heavy atom. The molecule has 0 saturated carbocycles. The lowest BCUT2D eigenvalue weighted by Gasteiger charge is -2.03. The van der Waals surface area contributed by atoms with Crippen LogP contribution in [0.15, 0.2) is 54.9 Å². The maximum Gasteiger partial charge on any atom is 0.271 e. The lowest BCUT2D eigenvalue weighted by Crippen LogP contribution is -2.22. The summed E-state index contributed by atoms with van der Waals surface area (Å²) in [4.78, 5) is 36.3. The van der Waals surface area contributed by atoms with Gasteiger partial charge in [0, 0.05) is 66.0 Å². The Kier molecular flexibility index (Phi) is 3.66. The molecular formula is C22H15N4O4. The molecule has 0 fully saturated rings. The average molecular weight is 399 g/mol. The average Bonchev–Trinajstić information content (AvgIpc) is 3.32. The number of carbonyl (C=O) groups is 2. The number of hydrogen-bond donors (Lipinski definition) is 1. The lowest BCUT2D eigenvalue weighted by atomic mass is 9.95. The molecule has 1 N–H and O–H groups in total. The molecule has 2 aromatic heterocycles. The van der Waals surface area contributed by atoms with Crippen molar-refractivity contribution >= 4 is 50.5 Å². The number of hydrogen-bond acceptors (Lipinski definition) is 4. The van der Waals surface area contributed by atoms with Crippen molar-refractivity contribution in [1.29, 1.82) is 0 Å². The topological polar surface area (TPSA) is 99.2 Å². The summed E-state index contributed by atoms with van der Waals surface area (Å²) in [6.07, 6.45) is 3.44. The molecule has 0 aliphatic carbocycles. The van der Waals surface area contributed by atoms with E-state index in [1.165, 1.54) is 12.1 Å². The summed E-state index contributed by atoms with van der Waals surface area (Å²) in [7, 11) is 5.71. The van der Waals surface area contributed by atoms with Gasteiger partial charge in [0.2, 0.25) is 0 Å². The van der Waals surface area contributed by atoms with Gasteiger partial charge in [-0.2, -0.15) is 0 Å². The molecule has 1 aliphatic heterocycles. The monoisotopic (exact) mass is 399 g/mol. The Bertz CT molecular complexity index is 1450. The van der Waals surface area contributed by atoms with E-state index < -0.39 is 16.7 Å². The number of amides is 2. The van der Waals surface area contributed by atoms with Crippen LogP contribution in [0.4, 0.5) is 5.69 Å². The molecule has 0 saturated heterocycles. The highest BCUT2D eigenvalue weighted by atomic mass is 16.6. The standard InChI is InChI=1S/C22H15N4O4/c1-24-10-15(13-5-3-4-6-17(13)24)19-20(22(28)23-21(19)27)16-11-25(2)18-9-12(26(29)30)7-8-14(16)18/h3-11H,1H2,2H3,(H,23,27,28). The molecule has 0 spiro atoms. The fraction of sp³-hybridized carbons (Fsp3) is 0.0455. The van der Waals surface area contributed by atoms with Crippen LogP contribution in [-0.4, -0.2) is 25.9 Å². The number of nitrogens with one attached hydrogen (secondary N) is 1. The van der Waals surface area contributed by atoms with Gasteiger partial charge in [-0.3, -0.25) is 25.0 Å². The van der Waals surface area contributed by atoms with Crippen molar-refractivity contribution in [2.45, 2.75) is 0 Å². The largest absolute Gasteiger partial charge is 0.350 e. The summed E-state index contributed by atoms with van der Waals surface area (Å²) in [5, 5.41) is 15.0. The Morgan fingerprint density at radius 1 is 0.933 bits per heavy atom. The van der Waals surface area contributed by atoms with Gasteiger partial charge < -0.3 is 9.13 Å². The van der Waals surface area contributed by atoms with Crippen LogP contribution in [0.3, 0.4) is 0 Å². The van der Waals surface area contributed by atoms with Gasteiger partial charge in [0.25, 0.3) is 17.5 Å². The molecule has 2 aromatic carbocycles. The zero-order valence-corrected chi connectivity index (χ0v) is 15.9. The second kappa shape index (κ2) is 6.15. The van der Waals surface area contributed by atoms with Gasteiger partial charge in [-0.05, 0) is 12.1 Å². The highest BCUT2D eigenvalue weighted by molar-refractivity contribution is 6.50. The number of nitrogens with zero attached hydrogens (tertiary/aromatic N) is 3. The quantitative estimate of drug-likeness (QED) is 0.325. The molecule has 4 aromatic rings. The zero-order chi connectivity index (χ0) is 21.2. The Balaban J connectivity index is 1.83. The van der Waals surface area contributed by atoms with E-state index >= 15 is 0 Å². The van der Waals surface area contributed by atoms with E-state index in [2.05, 4.69) is 12.4 Å². The number of imide groups is 1. The molecule has 0 atom stereocenters. The number of rotatable bonds is 3. The fourth-order valence-electron chi connectivity index (χ4n) is 4.10. The van der Waals surface area contributed by atoms with Gasteiger partial charge in [0.1, 0.15) is 0 Å². The Hall–Kier alpha value is -4.20. The summed E-state index contributed by atoms with van der Waals surface area (Å²) in [6, 6.07) is 11.9. The number of nitro groups is 1. The Morgan fingerprint density at radius 2 is 1.57 bits per heavy atom. The third-order valence-electron chi connectivity index (χ3n) is 5.44. The van der Waals surface area contributed by atoms with Crippen LogP contribution < -0.4 is 5.32 Å². The maximum atomic E-state index is 12.8. The van der Waals surface area contributed by atoms with E-state index in [0.29, 0.717) is 22.0 Å². The van der Waals surface area contributed by atoms with Gasteiger partial charge in [-0.15, -0.1) is 0 Å². The van der Waals surface area contributed by atoms with Crippen LogP contribution in [0.25, 0.3) is 33.0 Å². The van der Waals surface area contributed by atoms with Crippen molar-refractivity contribution in [2.75, 3.05) is 0 Å². The first-order valence-corrected chi connectivity index (χ1v) is 9.12. The van der Waals surface area contributed by atoms with E-state index in [1.54, 1.807) is 34.6 Å². The summed E-state index contributed by atoms with van der Waals surface area (Å²) < 4.78 is 3.38. The van der Waals surface area contributed by atoms with Crippen molar-refractivity contribution < 1.29 is 14.5 Å². The van der Waals surface area contributed by atoms with E-state index in [-0.39, 0.29) is 16.8 Å². The van der Waals surface area contributed by atoms with Gasteiger partial charge >= 0.3 is 0 Å². The molecule has 147 valence electrons. The molecule has 5 rings (SSSR count). The van der Waals surface area contributed by atoms with Gasteiger partial charge in [0.05, 0.1) is 21.6 Å². The summed E-state index contributed by atoms with van der Waals surface area (Å²) >= 11 is 0. The SMILES string of the molecule is [CH2]n1cc(C2=C(c3cn(C)c4cc([N+](=O)[O-])ccc34)C(=O)NC2=O)c2ccccc21. The van der Waals surface area contributed by atoms with Crippen molar-refractivity contribution in [3.05, 3.63) is 83.1 Å². The normalized spacial score (nSPS) is 14.2. The number of benzene rings is 2. The minimum atomic E-state index is -0.498. The van der Waals surface area contributed by atoms with E-state index in [0.717, 1.165) is 10.9 Å². The number of aryl methyl sites for hydroxylation is 1. The molecule has 1 radical (unpaired) electrons. The minimum absolute atomic E-state index is 0.0449. The molecule has 0 unspecified atom stereocenters. The summed E-state index contributed by atoms with van der Waals surface area (Å²) in [5.74, 6) is -0.980. The molecule has 3 heterocycles. The second-order valence-corrected chi connectivity index (χ2v) is 7.18. The molecule has 1 aliphatic rings. The highest BCUT2D eigenvalue weighted by Gasteiger charge is 2.35. The Labute approximate surface area is 170 Å². The molecule has 0 bridgehead atoms. The first-order valence-electron chi connectivity index (χ1n) is 9.12. The number of non-ortho nitro benzene ring substituents is 1. The van der Waals surface area contributed by atoms with Crippen molar-refractivity contribution in [3.63, 3.8) is 0 Å². The van der Waals surface area contributed by atoms with Crippen molar-refractivity contribution in [3.8, 4) is 0 Å². The van der Waals surface area contributed by atoms with E-state index in [4.69, 9.17) is 0 Å².